The lowest BCUT2D eigenvalue weighted by Crippen LogP contribution is -2.39. The first-order valence-electron chi connectivity index (χ1n) is 6.17. The number of hydrogen-bond acceptors (Lipinski definition) is 3. The molecule has 1 fully saturated rings. The predicted molar refractivity (Wildman–Crippen MR) is 72.9 cm³/mol. The molecule has 104 valence electrons. The average molecular weight is 283 g/mol. The maximum Gasteiger partial charge on any atom is 0.301 e. The number of nitrogens with two attached hydrogens (primary N) is 1. The van der Waals surface area contributed by atoms with Gasteiger partial charge < -0.3 is 5.73 Å². The van der Waals surface area contributed by atoms with Crippen LogP contribution < -0.4 is 10.5 Å². The van der Waals surface area contributed by atoms with E-state index in [1.54, 1.807) is 0 Å². The molecule has 3 N–H and O–H groups in total. The topological polar surface area (TPSA) is 92.5 Å². The van der Waals surface area contributed by atoms with E-state index in [9.17, 15) is 13.2 Å². The predicted octanol–water partition coefficient (Wildman–Crippen LogP) is 0.928. The molecule has 1 saturated heterocycles. The van der Waals surface area contributed by atoms with Gasteiger partial charge in [0.25, 0.3) is 0 Å². The number of hydrogen-bond donors (Lipinski definition) is 2. The molecule has 1 aromatic rings. The lowest BCUT2D eigenvalue weighted by molar-refractivity contribution is 0.100. The fraction of sp³-hybridized carbons (Fsp3) is 0.417. The summed E-state index contributed by atoms with van der Waals surface area (Å²) in [5.41, 5.74) is 5.90. The number of carbonyl (C=O) groups is 1. The number of primary amides is 1. The van der Waals surface area contributed by atoms with Crippen LogP contribution in [0.3, 0.4) is 0 Å². The molecule has 0 radical (unpaired) electrons. The molecule has 0 saturated carbocycles. The molecule has 0 unspecified atom stereocenters. The normalized spacial score (nSPS) is 17.1. The monoisotopic (exact) mass is 283 g/mol. The van der Waals surface area contributed by atoms with Gasteiger partial charge in [0, 0.05) is 24.3 Å². The van der Waals surface area contributed by atoms with Crippen molar-refractivity contribution in [2.75, 3.05) is 17.8 Å². The second kappa shape index (κ2) is 5.58. The maximum absolute atomic E-state index is 12.1. The third-order valence-electron chi connectivity index (χ3n) is 3.07. The average Bonchev–Trinajstić information content (AvgIpc) is 2.40. The molecule has 1 aliphatic rings. The quantitative estimate of drug-likeness (QED) is 0.861. The van der Waals surface area contributed by atoms with Gasteiger partial charge in [-0.2, -0.15) is 12.7 Å². The van der Waals surface area contributed by atoms with Crippen molar-refractivity contribution in [1.82, 2.24) is 4.31 Å². The number of benzene rings is 1. The van der Waals surface area contributed by atoms with E-state index in [0.29, 0.717) is 24.3 Å². The minimum absolute atomic E-state index is 0.348. The molecule has 0 spiro atoms. The summed E-state index contributed by atoms with van der Waals surface area (Å²) in [6.45, 7) is 1.10. The van der Waals surface area contributed by atoms with Crippen LogP contribution in [0.5, 0.6) is 0 Å². The molecule has 1 aromatic carbocycles. The number of nitrogens with zero attached hydrogens (tertiary/aromatic N) is 1. The van der Waals surface area contributed by atoms with Gasteiger partial charge in [-0.15, -0.1) is 0 Å². The van der Waals surface area contributed by atoms with Crippen molar-refractivity contribution in [3.63, 3.8) is 0 Å². The number of piperidine rings is 1. The van der Waals surface area contributed by atoms with Crippen LogP contribution in [0.4, 0.5) is 5.69 Å². The van der Waals surface area contributed by atoms with Gasteiger partial charge in [-0.1, -0.05) is 6.42 Å². The Hall–Kier alpha value is -1.60. The highest BCUT2D eigenvalue weighted by atomic mass is 32.2. The summed E-state index contributed by atoms with van der Waals surface area (Å²) in [5, 5.41) is 0. The van der Waals surface area contributed by atoms with E-state index in [1.165, 1.54) is 28.6 Å². The van der Waals surface area contributed by atoms with Crippen molar-refractivity contribution in [3.05, 3.63) is 29.8 Å². The van der Waals surface area contributed by atoms with Gasteiger partial charge in [0.05, 0.1) is 0 Å². The van der Waals surface area contributed by atoms with Crippen LogP contribution in [-0.4, -0.2) is 31.7 Å². The van der Waals surface area contributed by atoms with E-state index in [1.807, 2.05) is 0 Å². The van der Waals surface area contributed by atoms with E-state index in [0.717, 1.165) is 19.3 Å². The summed E-state index contributed by atoms with van der Waals surface area (Å²) in [7, 11) is -3.50. The molecule has 0 aromatic heterocycles. The number of carbonyl (C=O) groups excluding carboxylic acids is 1. The summed E-state index contributed by atoms with van der Waals surface area (Å²) in [5.74, 6) is -0.537. The highest BCUT2D eigenvalue weighted by Crippen LogP contribution is 2.17. The molecule has 0 atom stereocenters. The van der Waals surface area contributed by atoms with Crippen molar-refractivity contribution >= 4 is 21.8 Å². The molecular weight excluding hydrogens is 266 g/mol. The third kappa shape index (κ3) is 3.45. The lowest BCUT2D eigenvalue weighted by atomic mass is 10.2. The second-order valence-corrected chi connectivity index (χ2v) is 6.18. The largest absolute Gasteiger partial charge is 0.366 e. The fourth-order valence-electron chi connectivity index (χ4n) is 2.02. The first kappa shape index (κ1) is 13.8. The molecule has 1 amide bonds. The zero-order valence-corrected chi connectivity index (χ0v) is 11.3. The highest BCUT2D eigenvalue weighted by molar-refractivity contribution is 7.90. The maximum atomic E-state index is 12.1. The van der Waals surface area contributed by atoms with Crippen molar-refractivity contribution < 1.29 is 13.2 Å². The molecule has 7 heteroatoms. The standard InChI is InChI=1S/C12H17N3O3S/c13-12(16)10-4-6-11(7-5-10)14-19(17,18)15-8-2-1-3-9-15/h4-7,14H,1-3,8-9H2,(H2,13,16). The Morgan fingerprint density at radius 1 is 1.11 bits per heavy atom. The zero-order chi connectivity index (χ0) is 13.9. The summed E-state index contributed by atoms with van der Waals surface area (Å²) in [4.78, 5) is 10.9. The number of amides is 1. The van der Waals surface area contributed by atoms with Gasteiger partial charge in [0.1, 0.15) is 0 Å². The summed E-state index contributed by atoms with van der Waals surface area (Å²) in [6, 6.07) is 6.05. The van der Waals surface area contributed by atoms with E-state index in [2.05, 4.69) is 4.72 Å². The van der Waals surface area contributed by atoms with E-state index in [-0.39, 0.29) is 0 Å². The van der Waals surface area contributed by atoms with E-state index < -0.39 is 16.1 Å². The molecule has 2 rings (SSSR count). The minimum atomic E-state index is -3.50. The fourth-order valence-corrected chi connectivity index (χ4v) is 3.32. The smallest absolute Gasteiger partial charge is 0.301 e. The van der Waals surface area contributed by atoms with Gasteiger partial charge in [0.2, 0.25) is 5.91 Å². The van der Waals surface area contributed by atoms with Crippen LogP contribution in [0.1, 0.15) is 29.6 Å². The Balaban J connectivity index is 2.09. The molecule has 1 aliphatic heterocycles. The SMILES string of the molecule is NC(=O)c1ccc(NS(=O)(=O)N2CCCCC2)cc1. The summed E-state index contributed by atoms with van der Waals surface area (Å²) >= 11 is 0. The third-order valence-corrected chi connectivity index (χ3v) is 4.61. The van der Waals surface area contributed by atoms with Crippen LogP contribution in [0, 0.1) is 0 Å². The number of rotatable bonds is 4. The molecular formula is C12H17N3O3S. The van der Waals surface area contributed by atoms with Crippen LogP contribution in [0.25, 0.3) is 0 Å². The second-order valence-electron chi connectivity index (χ2n) is 4.51. The number of nitrogens with one attached hydrogen (secondary N) is 1. The van der Waals surface area contributed by atoms with Gasteiger partial charge in [-0.25, -0.2) is 0 Å². The molecule has 0 bridgehead atoms. The highest BCUT2D eigenvalue weighted by Gasteiger charge is 2.23. The van der Waals surface area contributed by atoms with Gasteiger partial charge in [-0.05, 0) is 37.1 Å². The van der Waals surface area contributed by atoms with E-state index in [4.69, 9.17) is 5.73 Å². The Labute approximate surface area is 112 Å². The molecule has 0 aliphatic carbocycles. The van der Waals surface area contributed by atoms with Crippen LogP contribution in [-0.2, 0) is 10.2 Å². The minimum Gasteiger partial charge on any atom is -0.366 e. The Bertz CT molecular complexity index is 548. The van der Waals surface area contributed by atoms with Gasteiger partial charge in [-0.3, -0.25) is 9.52 Å². The van der Waals surface area contributed by atoms with Crippen molar-refractivity contribution in [3.8, 4) is 0 Å². The molecule has 19 heavy (non-hydrogen) atoms. The Morgan fingerprint density at radius 3 is 2.21 bits per heavy atom. The first-order valence-corrected chi connectivity index (χ1v) is 7.61. The van der Waals surface area contributed by atoms with Crippen LogP contribution in [0.15, 0.2) is 24.3 Å². The Kier molecular flexibility index (Phi) is 4.06. The van der Waals surface area contributed by atoms with Crippen molar-refractivity contribution in [2.24, 2.45) is 5.73 Å². The zero-order valence-electron chi connectivity index (χ0n) is 10.5. The van der Waals surface area contributed by atoms with Crippen molar-refractivity contribution in [2.45, 2.75) is 19.3 Å². The van der Waals surface area contributed by atoms with Gasteiger partial charge >= 0.3 is 10.2 Å². The first-order chi connectivity index (χ1) is 8.99. The van der Waals surface area contributed by atoms with Crippen molar-refractivity contribution in [1.29, 1.82) is 0 Å². The summed E-state index contributed by atoms with van der Waals surface area (Å²) in [6.07, 6.45) is 2.85. The summed E-state index contributed by atoms with van der Waals surface area (Å²) < 4.78 is 28.1. The van der Waals surface area contributed by atoms with Crippen LogP contribution >= 0.6 is 0 Å². The number of anilines is 1. The van der Waals surface area contributed by atoms with E-state index >= 15 is 0 Å². The molecule has 1 heterocycles. The molecule has 6 nitrogen and oxygen atoms in total. The van der Waals surface area contributed by atoms with Crippen LogP contribution in [0.2, 0.25) is 0 Å². The lowest BCUT2D eigenvalue weighted by Gasteiger charge is -2.26. The van der Waals surface area contributed by atoms with Gasteiger partial charge in [0.15, 0.2) is 0 Å². The Morgan fingerprint density at radius 2 is 1.68 bits per heavy atom.